The van der Waals surface area contributed by atoms with Crippen LogP contribution in [0.2, 0.25) is 0 Å². The standard InChI is InChI=1S/C19H21N5O2/c25-17(16-4-9-21-22-12-16)24-10-1-5-19(14-24)6-11-23(18(19)26)13-15-2-7-20-8-3-15/h2-4,7-9,12H,1,5-6,10-11,13-14H2/t19-/m1/s1. The van der Waals surface area contributed by atoms with Crippen LogP contribution >= 0.6 is 0 Å². The van der Waals surface area contributed by atoms with Crippen molar-refractivity contribution in [1.29, 1.82) is 0 Å². The second-order valence-corrected chi connectivity index (χ2v) is 7.07. The van der Waals surface area contributed by atoms with Crippen molar-refractivity contribution in [1.82, 2.24) is 25.0 Å². The van der Waals surface area contributed by atoms with E-state index >= 15 is 0 Å². The zero-order chi connectivity index (χ0) is 18.0. The average molecular weight is 351 g/mol. The molecule has 7 heteroatoms. The van der Waals surface area contributed by atoms with Crippen LogP contribution in [0.4, 0.5) is 0 Å². The van der Waals surface area contributed by atoms with Crippen molar-refractivity contribution in [2.45, 2.75) is 25.8 Å². The zero-order valence-electron chi connectivity index (χ0n) is 14.5. The second-order valence-electron chi connectivity index (χ2n) is 7.07. The van der Waals surface area contributed by atoms with Gasteiger partial charge >= 0.3 is 0 Å². The van der Waals surface area contributed by atoms with Crippen molar-refractivity contribution >= 4 is 11.8 Å². The monoisotopic (exact) mass is 351 g/mol. The molecular formula is C19H21N5O2. The maximum absolute atomic E-state index is 13.1. The maximum atomic E-state index is 13.1. The number of piperidine rings is 1. The lowest BCUT2D eigenvalue weighted by Gasteiger charge is -2.39. The lowest BCUT2D eigenvalue weighted by Crippen LogP contribution is -2.49. The second kappa shape index (κ2) is 6.82. The van der Waals surface area contributed by atoms with Crippen LogP contribution in [-0.2, 0) is 11.3 Å². The SMILES string of the molecule is O=C(c1ccnnc1)N1CCC[C@@]2(CCN(Cc3ccncc3)C2=O)C1. The van der Waals surface area contributed by atoms with Crippen molar-refractivity contribution < 1.29 is 9.59 Å². The molecule has 2 saturated heterocycles. The van der Waals surface area contributed by atoms with Gasteiger partial charge in [0.25, 0.3) is 5.91 Å². The first-order valence-electron chi connectivity index (χ1n) is 8.92. The Bertz CT molecular complexity index is 798. The highest BCUT2D eigenvalue weighted by molar-refractivity contribution is 5.94. The predicted octanol–water partition coefficient (Wildman–Crippen LogP) is 1.53. The van der Waals surface area contributed by atoms with Crippen LogP contribution in [0, 0.1) is 5.41 Å². The zero-order valence-corrected chi connectivity index (χ0v) is 14.5. The van der Waals surface area contributed by atoms with Gasteiger partial charge in [-0.2, -0.15) is 10.2 Å². The molecule has 4 heterocycles. The molecule has 26 heavy (non-hydrogen) atoms. The van der Waals surface area contributed by atoms with E-state index in [1.54, 1.807) is 23.4 Å². The molecule has 2 aliphatic heterocycles. The number of rotatable bonds is 3. The fourth-order valence-corrected chi connectivity index (χ4v) is 4.04. The maximum Gasteiger partial charge on any atom is 0.255 e. The van der Waals surface area contributed by atoms with Crippen LogP contribution in [-0.4, -0.2) is 56.4 Å². The first kappa shape index (κ1) is 16.6. The molecule has 2 aromatic rings. The Morgan fingerprint density at radius 2 is 1.92 bits per heavy atom. The van der Waals surface area contributed by atoms with Crippen LogP contribution in [0.15, 0.2) is 43.0 Å². The van der Waals surface area contributed by atoms with E-state index in [4.69, 9.17) is 0 Å². The summed E-state index contributed by atoms with van der Waals surface area (Å²) in [5.74, 6) is 0.0963. The van der Waals surface area contributed by atoms with E-state index in [0.29, 0.717) is 25.2 Å². The fourth-order valence-electron chi connectivity index (χ4n) is 4.04. The van der Waals surface area contributed by atoms with Crippen molar-refractivity contribution in [2.75, 3.05) is 19.6 Å². The van der Waals surface area contributed by atoms with Crippen LogP contribution in [0.1, 0.15) is 35.2 Å². The van der Waals surface area contributed by atoms with Gasteiger partial charge in [0.15, 0.2) is 0 Å². The minimum absolute atomic E-state index is 0.0700. The van der Waals surface area contributed by atoms with Crippen molar-refractivity contribution in [3.8, 4) is 0 Å². The van der Waals surface area contributed by atoms with Gasteiger partial charge in [-0.15, -0.1) is 0 Å². The van der Waals surface area contributed by atoms with Crippen LogP contribution < -0.4 is 0 Å². The molecule has 0 aromatic carbocycles. The number of hydrogen-bond acceptors (Lipinski definition) is 5. The third kappa shape index (κ3) is 3.05. The topological polar surface area (TPSA) is 79.3 Å². The van der Waals surface area contributed by atoms with E-state index in [9.17, 15) is 9.59 Å². The van der Waals surface area contributed by atoms with Gasteiger partial charge in [0.05, 0.1) is 23.4 Å². The molecule has 2 fully saturated rings. The molecule has 0 radical (unpaired) electrons. The van der Waals surface area contributed by atoms with Gasteiger partial charge < -0.3 is 9.80 Å². The molecule has 0 unspecified atom stereocenters. The number of carbonyl (C=O) groups is 2. The van der Waals surface area contributed by atoms with Crippen molar-refractivity contribution in [3.63, 3.8) is 0 Å². The normalized spacial score (nSPS) is 22.8. The molecule has 7 nitrogen and oxygen atoms in total. The summed E-state index contributed by atoms with van der Waals surface area (Å²) >= 11 is 0. The highest BCUT2D eigenvalue weighted by atomic mass is 16.2. The number of aromatic nitrogens is 3. The van der Waals surface area contributed by atoms with Gasteiger partial charge in [-0.05, 0) is 43.0 Å². The van der Waals surface area contributed by atoms with Gasteiger partial charge in [-0.3, -0.25) is 14.6 Å². The Morgan fingerprint density at radius 3 is 2.69 bits per heavy atom. The third-order valence-electron chi connectivity index (χ3n) is 5.42. The Balaban J connectivity index is 1.48. The van der Waals surface area contributed by atoms with Gasteiger partial charge in [0.2, 0.25) is 5.91 Å². The number of hydrogen-bond donors (Lipinski definition) is 0. The first-order chi connectivity index (χ1) is 12.7. The predicted molar refractivity (Wildman–Crippen MR) is 93.9 cm³/mol. The molecule has 0 aliphatic carbocycles. The molecule has 1 atom stereocenters. The lowest BCUT2D eigenvalue weighted by atomic mass is 9.78. The summed E-state index contributed by atoms with van der Waals surface area (Å²) in [4.78, 5) is 33.6. The van der Waals surface area contributed by atoms with Crippen molar-refractivity contribution in [2.24, 2.45) is 5.41 Å². The summed E-state index contributed by atoms with van der Waals surface area (Å²) in [7, 11) is 0. The third-order valence-corrected chi connectivity index (χ3v) is 5.42. The van der Waals surface area contributed by atoms with E-state index < -0.39 is 5.41 Å². The molecule has 2 aliphatic rings. The lowest BCUT2D eigenvalue weighted by molar-refractivity contribution is -0.138. The van der Waals surface area contributed by atoms with E-state index in [0.717, 1.165) is 31.4 Å². The number of nitrogens with zero attached hydrogens (tertiary/aromatic N) is 5. The van der Waals surface area contributed by atoms with Crippen molar-refractivity contribution in [3.05, 3.63) is 54.1 Å². The summed E-state index contributed by atoms with van der Waals surface area (Å²) < 4.78 is 0. The van der Waals surface area contributed by atoms with Gasteiger partial charge in [0, 0.05) is 38.6 Å². The van der Waals surface area contributed by atoms with Crippen LogP contribution in [0.3, 0.4) is 0 Å². The molecule has 2 amide bonds. The van der Waals surface area contributed by atoms with Gasteiger partial charge in [-0.25, -0.2) is 0 Å². The molecule has 1 spiro atoms. The Morgan fingerprint density at radius 1 is 1.08 bits per heavy atom. The quantitative estimate of drug-likeness (QED) is 0.838. The first-order valence-corrected chi connectivity index (χ1v) is 8.92. The number of carbonyl (C=O) groups excluding carboxylic acids is 2. The highest BCUT2D eigenvalue weighted by Gasteiger charge is 2.49. The highest BCUT2D eigenvalue weighted by Crippen LogP contribution is 2.41. The number of likely N-dealkylation sites (tertiary alicyclic amines) is 2. The molecule has 134 valence electrons. The van der Waals surface area contributed by atoms with E-state index in [1.807, 2.05) is 17.0 Å². The summed E-state index contributed by atoms with van der Waals surface area (Å²) in [6.07, 6.45) is 8.98. The molecule has 2 aromatic heterocycles. The molecule has 0 N–H and O–H groups in total. The molecule has 0 bridgehead atoms. The van der Waals surface area contributed by atoms with Crippen LogP contribution in [0.5, 0.6) is 0 Å². The minimum atomic E-state index is -0.443. The Hall–Kier alpha value is -2.83. The Labute approximate surface area is 152 Å². The smallest absolute Gasteiger partial charge is 0.255 e. The number of amides is 2. The van der Waals surface area contributed by atoms with E-state index in [-0.39, 0.29) is 11.8 Å². The Kier molecular flexibility index (Phi) is 4.36. The fraction of sp³-hybridized carbons (Fsp3) is 0.421. The van der Waals surface area contributed by atoms with Gasteiger partial charge in [-0.1, -0.05) is 0 Å². The molecular weight excluding hydrogens is 330 g/mol. The molecule has 4 rings (SSSR count). The summed E-state index contributed by atoms with van der Waals surface area (Å²) in [6, 6.07) is 5.54. The summed E-state index contributed by atoms with van der Waals surface area (Å²) in [5.41, 5.74) is 1.16. The van der Waals surface area contributed by atoms with E-state index in [1.165, 1.54) is 12.4 Å². The summed E-state index contributed by atoms with van der Waals surface area (Å²) in [5, 5.41) is 7.51. The number of pyridine rings is 1. The minimum Gasteiger partial charge on any atom is -0.338 e. The largest absolute Gasteiger partial charge is 0.338 e. The molecule has 0 saturated carbocycles. The average Bonchev–Trinajstić information content (AvgIpc) is 2.98. The van der Waals surface area contributed by atoms with E-state index in [2.05, 4.69) is 15.2 Å². The van der Waals surface area contributed by atoms with Gasteiger partial charge in [0.1, 0.15) is 0 Å². The van der Waals surface area contributed by atoms with Crippen LogP contribution in [0.25, 0.3) is 0 Å². The summed E-state index contributed by atoms with van der Waals surface area (Å²) in [6.45, 7) is 2.51.